The number of hydrogen-bond acceptors (Lipinski definition) is 7. The third-order valence-electron chi connectivity index (χ3n) is 9.24. The molecule has 0 saturated heterocycles. The van der Waals surface area contributed by atoms with Gasteiger partial charge in [-0.3, -0.25) is 24.7 Å². The molecule has 2 fully saturated rings. The summed E-state index contributed by atoms with van der Waals surface area (Å²) in [6, 6.07) is 8.10. The maximum Gasteiger partial charge on any atom is 0.231 e. The molecular weight excluding hydrogens is 514 g/mol. The Labute approximate surface area is 244 Å². The molecule has 1 unspecified atom stereocenters. The van der Waals surface area contributed by atoms with Gasteiger partial charge in [0.25, 0.3) is 0 Å². The van der Waals surface area contributed by atoms with E-state index in [9.17, 15) is 9.90 Å². The van der Waals surface area contributed by atoms with Crippen molar-refractivity contribution in [2.75, 3.05) is 25.2 Å². The molecule has 2 aromatic rings. The molecule has 0 spiro atoms. The summed E-state index contributed by atoms with van der Waals surface area (Å²) >= 11 is 0. The molecule has 0 radical (unpaired) electrons. The second kappa shape index (κ2) is 13.2. The van der Waals surface area contributed by atoms with E-state index in [1.54, 1.807) is 13.3 Å². The number of aryl methyl sites for hydroxylation is 1. The monoisotopic (exact) mass is 559 g/mol. The lowest BCUT2D eigenvalue weighted by Crippen LogP contribution is -2.42. The molecule has 3 aliphatic rings. The lowest BCUT2D eigenvalue weighted by atomic mass is 9.79. The van der Waals surface area contributed by atoms with E-state index >= 15 is 0 Å². The molecule has 1 N–H and O–H groups in total. The molecule has 8 nitrogen and oxygen atoms in total. The normalized spacial score (nSPS) is 26.2. The Bertz CT molecular complexity index is 1260. The first-order valence-electron chi connectivity index (χ1n) is 15.4. The fourth-order valence-corrected chi connectivity index (χ4v) is 6.57. The molecule has 1 amide bonds. The molecule has 41 heavy (non-hydrogen) atoms. The van der Waals surface area contributed by atoms with E-state index in [2.05, 4.69) is 24.9 Å². The van der Waals surface area contributed by atoms with Crippen LogP contribution in [0.1, 0.15) is 88.1 Å². The molecule has 2 aromatic heterocycles. The summed E-state index contributed by atoms with van der Waals surface area (Å²) in [4.78, 5) is 34.9. The van der Waals surface area contributed by atoms with Gasteiger partial charge < -0.3 is 9.84 Å². The van der Waals surface area contributed by atoms with E-state index in [0.717, 1.165) is 79.8 Å². The smallest absolute Gasteiger partial charge is 0.231 e. The molecule has 2 saturated carbocycles. The van der Waals surface area contributed by atoms with E-state index < -0.39 is 0 Å². The Hall–Kier alpha value is -3.13. The van der Waals surface area contributed by atoms with Crippen LogP contribution in [0.15, 0.2) is 40.4 Å². The van der Waals surface area contributed by atoms with E-state index in [1.807, 2.05) is 36.2 Å². The minimum absolute atomic E-state index is 0.0261. The molecule has 0 aromatic carbocycles. The molecule has 1 aliphatic heterocycles. The fraction of sp³-hybridized carbons (Fsp3) is 0.606. The first-order chi connectivity index (χ1) is 19.9. The van der Waals surface area contributed by atoms with Crippen molar-refractivity contribution in [2.45, 2.75) is 84.2 Å². The van der Waals surface area contributed by atoms with Crippen molar-refractivity contribution >= 4 is 23.7 Å². The number of amides is 1. The second-order valence-electron chi connectivity index (χ2n) is 12.4. The number of hydrogen-bond donors (Lipinski definition) is 1. The van der Waals surface area contributed by atoms with Crippen LogP contribution in [0.4, 0.5) is 5.82 Å². The van der Waals surface area contributed by atoms with Crippen LogP contribution in [0.2, 0.25) is 0 Å². The van der Waals surface area contributed by atoms with Gasteiger partial charge in [0.2, 0.25) is 5.91 Å². The molecule has 5 rings (SSSR count). The van der Waals surface area contributed by atoms with Crippen LogP contribution in [-0.4, -0.2) is 59.3 Å². The number of aliphatic imine (C=N–C) groups is 2. The van der Waals surface area contributed by atoms with Crippen molar-refractivity contribution in [1.82, 2.24) is 9.97 Å². The zero-order chi connectivity index (χ0) is 28.9. The highest BCUT2D eigenvalue weighted by molar-refractivity contribution is 6.39. The Kier molecular flexibility index (Phi) is 9.48. The van der Waals surface area contributed by atoms with Gasteiger partial charge >= 0.3 is 0 Å². The minimum Gasteiger partial charge on any atom is -0.495 e. The fourth-order valence-electron chi connectivity index (χ4n) is 6.57. The highest BCUT2D eigenvalue weighted by Gasteiger charge is 2.33. The standard InChI is InChI=1S/C33H45N5O3/c1-21(2)32-35-18-29(37-32)27-15-16-34-31(17-27)38(33(40)26-11-7-24(20-39)8-12-26)19-23-5-9-25(10-6-23)28-13-14-30(41-4)22(3)36-28/h13-18,21,23-26,32,39H,5-12,19-20H2,1-4H3. The van der Waals surface area contributed by atoms with Gasteiger partial charge in [0, 0.05) is 48.7 Å². The van der Waals surface area contributed by atoms with Gasteiger partial charge in [-0.15, -0.1) is 0 Å². The molecule has 220 valence electrons. The molecule has 1 atom stereocenters. The number of aliphatic hydroxyl groups excluding tert-OH is 1. The van der Waals surface area contributed by atoms with E-state index in [-0.39, 0.29) is 24.6 Å². The molecule has 8 heteroatoms. The maximum absolute atomic E-state index is 14.1. The van der Waals surface area contributed by atoms with Crippen LogP contribution in [0.3, 0.4) is 0 Å². The lowest BCUT2D eigenvalue weighted by Gasteiger charge is -2.35. The number of carbonyl (C=O) groups excluding carboxylic acids is 1. The van der Waals surface area contributed by atoms with Gasteiger partial charge in [-0.25, -0.2) is 4.98 Å². The Morgan fingerprint density at radius 3 is 2.41 bits per heavy atom. The first-order valence-corrected chi connectivity index (χ1v) is 15.4. The number of pyridine rings is 2. The predicted molar refractivity (Wildman–Crippen MR) is 163 cm³/mol. The zero-order valence-corrected chi connectivity index (χ0v) is 25.0. The topological polar surface area (TPSA) is 100 Å². The third-order valence-corrected chi connectivity index (χ3v) is 9.24. The molecule has 0 bridgehead atoms. The summed E-state index contributed by atoms with van der Waals surface area (Å²) in [5.74, 6) is 3.17. The van der Waals surface area contributed by atoms with Crippen LogP contribution in [0, 0.1) is 30.6 Å². The van der Waals surface area contributed by atoms with Crippen LogP contribution >= 0.6 is 0 Å². The lowest BCUT2D eigenvalue weighted by molar-refractivity contribution is -0.124. The van der Waals surface area contributed by atoms with Gasteiger partial charge in [0.1, 0.15) is 17.7 Å². The summed E-state index contributed by atoms with van der Waals surface area (Å²) in [5, 5.41) is 9.61. The number of methoxy groups -OCH3 is 1. The van der Waals surface area contributed by atoms with Crippen molar-refractivity contribution in [1.29, 1.82) is 0 Å². The first kappa shape index (κ1) is 29.4. The third kappa shape index (κ3) is 6.85. The Balaban J connectivity index is 1.32. The van der Waals surface area contributed by atoms with Gasteiger partial charge in [0.05, 0.1) is 18.5 Å². The predicted octanol–water partition coefficient (Wildman–Crippen LogP) is 5.75. The number of ether oxygens (including phenoxy) is 1. The highest BCUT2D eigenvalue weighted by Crippen LogP contribution is 2.38. The van der Waals surface area contributed by atoms with Crippen LogP contribution in [-0.2, 0) is 4.79 Å². The average Bonchev–Trinajstić information content (AvgIpc) is 3.51. The number of carbonyl (C=O) groups is 1. The summed E-state index contributed by atoms with van der Waals surface area (Å²) in [6.45, 7) is 7.13. The van der Waals surface area contributed by atoms with Crippen molar-refractivity contribution in [2.24, 2.45) is 33.7 Å². The van der Waals surface area contributed by atoms with Gasteiger partial charge in [0.15, 0.2) is 0 Å². The number of nitrogens with zero attached hydrogens (tertiary/aromatic N) is 5. The number of aliphatic hydroxyl groups is 1. The Morgan fingerprint density at radius 1 is 1.05 bits per heavy atom. The van der Waals surface area contributed by atoms with E-state index in [1.165, 1.54) is 0 Å². The van der Waals surface area contributed by atoms with Crippen LogP contribution in [0.5, 0.6) is 5.75 Å². The minimum atomic E-state index is -0.0553. The van der Waals surface area contributed by atoms with Crippen molar-refractivity contribution in [3.8, 4) is 5.75 Å². The number of aromatic nitrogens is 2. The zero-order valence-electron chi connectivity index (χ0n) is 25.0. The SMILES string of the molecule is COc1ccc(C2CCC(CN(C(=O)C3CCC(CO)CC3)c3cc(C4=NC(C(C)C)N=C4)ccn3)CC2)nc1C. The average molecular weight is 560 g/mol. The number of rotatable bonds is 9. The van der Waals surface area contributed by atoms with Gasteiger partial charge in [-0.1, -0.05) is 13.8 Å². The molecule has 3 heterocycles. The maximum atomic E-state index is 14.1. The molecule has 2 aliphatic carbocycles. The Morgan fingerprint density at radius 2 is 1.78 bits per heavy atom. The summed E-state index contributed by atoms with van der Waals surface area (Å²) in [6.07, 6.45) is 11.3. The van der Waals surface area contributed by atoms with Crippen molar-refractivity contribution in [3.05, 3.63) is 47.4 Å². The van der Waals surface area contributed by atoms with Crippen LogP contribution in [0.25, 0.3) is 0 Å². The van der Waals surface area contributed by atoms with Gasteiger partial charge in [-0.05, 0) is 100 Å². The molecular formula is C33H45N5O3. The van der Waals surface area contributed by atoms with Crippen molar-refractivity contribution in [3.63, 3.8) is 0 Å². The summed E-state index contributed by atoms with van der Waals surface area (Å²) in [5.41, 5.74) is 3.88. The van der Waals surface area contributed by atoms with Gasteiger partial charge in [-0.2, -0.15) is 0 Å². The second-order valence-corrected chi connectivity index (χ2v) is 12.4. The summed E-state index contributed by atoms with van der Waals surface area (Å²) in [7, 11) is 1.68. The van der Waals surface area contributed by atoms with Crippen LogP contribution < -0.4 is 9.64 Å². The highest BCUT2D eigenvalue weighted by atomic mass is 16.5. The van der Waals surface area contributed by atoms with E-state index in [4.69, 9.17) is 19.7 Å². The van der Waals surface area contributed by atoms with Crippen molar-refractivity contribution < 1.29 is 14.6 Å². The quantitative estimate of drug-likeness (QED) is 0.421. The largest absolute Gasteiger partial charge is 0.495 e. The van der Waals surface area contributed by atoms with E-state index in [0.29, 0.717) is 36.0 Å². The summed E-state index contributed by atoms with van der Waals surface area (Å²) < 4.78 is 5.40. The number of anilines is 1.